The summed E-state index contributed by atoms with van der Waals surface area (Å²) in [7, 11) is 0. The van der Waals surface area contributed by atoms with E-state index in [0.717, 1.165) is 18.4 Å². The number of carbonyl (C=O) groups is 1. The summed E-state index contributed by atoms with van der Waals surface area (Å²) < 4.78 is 5.70. The highest BCUT2D eigenvalue weighted by molar-refractivity contribution is 6.00. The van der Waals surface area contributed by atoms with E-state index in [-0.39, 0.29) is 5.91 Å². The van der Waals surface area contributed by atoms with Gasteiger partial charge in [-0.2, -0.15) is 0 Å². The Balaban J connectivity index is 1.77. The molecular formula is C15H22N2O2. The van der Waals surface area contributed by atoms with Crippen LogP contribution in [0.3, 0.4) is 0 Å². The van der Waals surface area contributed by atoms with Crippen molar-refractivity contribution >= 4 is 11.6 Å². The molecule has 1 amide bonds. The van der Waals surface area contributed by atoms with Crippen LogP contribution in [0.1, 0.15) is 41.6 Å². The van der Waals surface area contributed by atoms with Crippen molar-refractivity contribution in [1.29, 1.82) is 0 Å². The van der Waals surface area contributed by atoms with Gasteiger partial charge in [0.05, 0.1) is 18.3 Å². The van der Waals surface area contributed by atoms with Crippen LogP contribution in [0.4, 0.5) is 5.69 Å². The van der Waals surface area contributed by atoms with Gasteiger partial charge in [0.1, 0.15) is 0 Å². The van der Waals surface area contributed by atoms with E-state index in [4.69, 9.17) is 10.5 Å². The molecule has 1 aliphatic rings. The molecule has 1 aliphatic carbocycles. The molecule has 0 aliphatic heterocycles. The lowest BCUT2D eigenvalue weighted by Gasteiger charge is -2.13. The number of anilines is 1. The number of rotatable bonds is 5. The highest BCUT2D eigenvalue weighted by Gasteiger charge is 2.15. The van der Waals surface area contributed by atoms with Gasteiger partial charge in [-0.25, -0.2) is 0 Å². The standard InChI is InChI=1S/C15H22N2O2/c1-11-5-4-8-13(16)14(11)15(18)17-9-10-19-12-6-2-3-7-12/h4-5,8,12H,2-3,6-7,9-10,16H2,1H3,(H,17,18). The number of nitrogens with one attached hydrogen (secondary N) is 1. The van der Waals surface area contributed by atoms with Crippen molar-refractivity contribution in [1.82, 2.24) is 5.32 Å². The van der Waals surface area contributed by atoms with Gasteiger partial charge < -0.3 is 15.8 Å². The number of nitrogens with two attached hydrogens (primary N) is 1. The van der Waals surface area contributed by atoms with Gasteiger partial charge in [-0.05, 0) is 31.4 Å². The number of nitrogen functional groups attached to an aromatic ring is 1. The second kappa shape index (κ2) is 6.57. The van der Waals surface area contributed by atoms with Gasteiger partial charge in [0, 0.05) is 12.2 Å². The van der Waals surface area contributed by atoms with Crippen molar-refractivity contribution in [2.45, 2.75) is 38.7 Å². The second-order valence-corrected chi connectivity index (χ2v) is 5.07. The van der Waals surface area contributed by atoms with Crippen molar-refractivity contribution in [3.8, 4) is 0 Å². The molecule has 0 heterocycles. The predicted molar refractivity (Wildman–Crippen MR) is 76.1 cm³/mol. The third kappa shape index (κ3) is 3.70. The van der Waals surface area contributed by atoms with Gasteiger partial charge in [0.15, 0.2) is 0 Å². The molecule has 0 atom stereocenters. The zero-order valence-corrected chi connectivity index (χ0v) is 11.4. The Morgan fingerprint density at radius 2 is 2.16 bits per heavy atom. The van der Waals surface area contributed by atoms with Crippen LogP contribution in [0.5, 0.6) is 0 Å². The SMILES string of the molecule is Cc1cccc(N)c1C(=O)NCCOC1CCCC1. The number of carbonyl (C=O) groups excluding carboxylic acids is 1. The Morgan fingerprint density at radius 1 is 1.42 bits per heavy atom. The largest absolute Gasteiger partial charge is 0.398 e. The van der Waals surface area contributed by atoms with Gasteiger partial charge in [-0.15, -0.1) is 0 Å². The van der Waals surface area contributed by atoms with Crippen molar-refractivity contribution in [2.24, 2.45) is 0 Å². The normalized spacial score (nSPS) is 15.6. The van der Waals surface area contributed by atoms with E-state index in [1.165, 1.54) is 12.8 Å². The Hall–Kier alpha value is -1.55. The number of amides is 1. The van der Waals surface area contributed by atoms with Crippen LogP contribution in [0.25, 0.3) is 0 Å². The quantitative estimate of drug-likeness (QED) is 0.632. The minimum atomic E-state index is -0.120. The van der Waals surface area contributed by atoms with Gasteiger partial charge >= 0.3 is 0 Å². The van der Waals surface area contributed by atoms with Crippen LogP contribution in [-0.4, -0.2) is 25.2 Å². The van der Waals surface area contributed by atoms with E-state index >= 15 is 0 Å². The molecule has 1 fully saturated rings. The topological polar surface area (TPSA) is 64.4 Å². The first-order valence-electron chi connectivity index (χ1n) is 6.93. The van der Waals surface area contributed by atoms with Crippen LogP contribution < -0.4 is 11.1 Å². The van der Waals surface area contributed by atoms with Crippen LogP contribution in [0.2, 0.25) is 0 Å². The van der Waals surface area contributed by atoms with Gasteiger partial charge in [0.25, 0.3) is 5.91 Å². The van der Waals surface area contributed by atoms with Gasteiger partial charge in [-0.3, -0.25) is 4.79 Å². The summed E-state index contributed by atoms with van der Waals surface area (Å²) in [6.45, 7) is 2.99. The fraction of sp³-hybridized carbons (Fsp3) is 0.533. The first-order chi connectivity index (χ1) is 9.18. The lowest BCUT2D eigenvalue weighted by atomic mass is 10.1. The van der Waals surface area contributed by atoms with Crippen molar-refractivity contribution in [3.05, 3.63) is 29.3 Å². The highest BCUT2D eigenvalue weighted by Crippen LogP contribution is 2.20. The average molecular weight is 262 g/mol. The summed E-state index contributed by atoms with van der Waals surface area (Å²) in [5, 5.41) is 2.86. The smallest absolute Gasteiger partial charge is 0.253 e. The Labute approximate surface area is 114 Å². The lowest BCUT2D eigenvalue weighted by molar-refractivity contribution is 0.0582. The van der Waals surface area contributed by atoms with Crippen molar-refractivity contribution in [3.63, 3.8) is 0 Å². The fourth-order valence-corrected chi connectivity index (χ4v) is 2.53. The third-order valence-corrected chi connectivity index (χ3v) is 3.58. The molecule has 1 saturated carbocycles. The zero-order chi connectivity index (χ0) is 13.7. The molecule has 0 unspecified atom stereocenters. The molecule has 4 heteroatoms. The number of hydrogen-bond acceptors (Lipinski definition) is 3. The molecule has 4 nitrogen and oxygen atoms in total. The molecule has 104 valence electrons. The molecular weight excluding hydrogens is 240 g/mol. The summed E-state index contributed by atoms with van der Waals surface area (Å²) in [4.78, 5) is 12.0. The second-order valence-electron chi connectivity index (χ2n) is 5.07. The van der Waals surface area contributed by atoms with Gasteiger partial charge in [-0.1, -0.05) is 25.0 Å². The number of ether oxygens (including phenoxy) is 1. The minimum absolute atomic E-state index is 0.120. The molecule has 0 aromatic heterocycles. The number of benzene rings is 1. The summed E-state index contributed by atoms with van der Waals surface area (Å²) in [5.41, 5.74) is 7.83. The summed E-state index contributed by atoms with van der Waals surface area (Å²) in [6.07, 6.45) is 5.21. The van der Waals surface area contributed by atoms with Crippen LogP contribution in [0, 0.1) is 6.92 Å². The number of hydrogen-bond donors (Lipinski definition) is 2. The summed E-state index contributed by atoms with van der Waals surface area (Å²) >= 11 is 0. The van der Waals surface area contributed by atoms with Crippen LogP contribution in [-0.2, 0) is 4.74 Å². The first kappa shape index (κ1) is 13.9. The van der Waals surface area contributed by atoms with E-state index in [0.29, 0.717) is 30.5 Å². The lowest BCUT2D eigenvalue weighted by Crippen LogP contribution is -2.29. The molecule has 19 heavy (non-hydrogen) atoms. The minimum Gasteiger partial charge on any atom is -0.398 e. The van der Waals surface area contributed by atoms with E-state index in [1.54, 1.807) is 6.07 Å². The molecule has 0 bridgehead atoms. The highest BCUT2D eigenvalue weighted by atomic mass is 16.5. The summed E-state index contributed by atoms with van der Waals surface area (Å²) in [5.74, 6) is -0.120. The summed E-state index contributed by atoms with van der Waals surface area (Å²) in [6, 6.07) is 5.49. The zero-order valence-electron chi connectivity index (χ0n) is 11.4. The average Bonchev–Trinajstić information content (AvgIpc) is 2.87. The maximum Gasteiger partial charge on any atom is 0.253 e. The molecule has 3 N–H and O–H groups in total. The molecule has 1 aromatic carbocycles. The third-order valence-electron chi connectivity index (χ3n) is 3.58. The Morgan fingerprint density at radius 3 is 2.84 bits per heavy atom. The van der Waals surface area contributed by atoms with E-state index in [2.05, 4.69) is 5.32 Å². The van der Waals surface area contributed by atoms with Crippen molar-refractivity contribution in [2.75, 3.05) is 18.9 Å². The molecule has 0 spiro atoms. The first-order valence-corrected chi connectivity index (χ1v) is 6.93. The van der Waals surface area contributed by atoms with E-state index in [1.807, 2.05) is 19.1 Å². The maximum atomic E-state index is 12.0. The molecule has 2 rings (SSSR count). The van der Waals surface area contributed by atoms with Crippen molar-refractivity contribution < 1.29 is 9.53 Å². The monoisotopic (exact) mass is 262 g/mol. The molecule has 0 saturated heterocycles. The molecule has 1 aromatic rings. The number of aryl methyl sites for hydroxylation is 1. The van der Waals surface area contributed by atoms with E-state index in [9.17, 15) is 4.79 Å². The van der Waals surface area contributed by atoms with E-state index < -0.39 is 0 Å². The Bertz CT molecular complexity index is 420. The van der Waals surface area contributed by atoms with Crippen LogP contribution >= 0.6 is 0 Å². The maximum absolute atomic E-state index is 12.0. The van der Waals surface area contributed by atoms with Crippen LogP contribution in [0.15, 0.2) is 18.2 Å². The Kier molecular flexibility index (Phi) is 4.80. The predicted octanol–water partition coefficient (Wildman–Crippen LogP) is 2.27. The van der Waals surface area contributed by atoms with Gasteiger partial charge in [0.2, 0.25) is 0 Å². The molecule has 0 radical (unpaired) electrons. The fourth-order valence-electron chi connectivity index (χ4n) is 2.53.